The van der Waals surface area contributed by atoms with Crippen LogP contribution < -0.4 is 20.4 Å². The molecule has 26 heavy (non-hydrogen) atoms. The van der Waals surface area contributed by atoms with Crippen LogP contribution in [0.15, 0.2) is 45.6 Å². The lowest BCUT2D eigenvalue weighted by Crippen LogP contribution is -2.34. The van der Waals surface area contributed by atoms with Crippen molar-refractivity contribution in [1.29, 1.82) is 0 Å². The zero-order valence-corrected chi connectivity index (χ0v) is 14.9. The number of likely N-dealkylation sites (tertiary alicyclic amines) is 1. The smallest absolute Gasteiger partial charge is 0.339 e. The molecule has 1 aromatic carbocycles. The zero-order valence-electron chi connectivity index (χ0n) is 14.9. The van der Waals surface area contributed by atoms with Crippen LogP contribution in [0.2, 0.25) is 0 Å². The molecule has 0 bridgehead atoms. The number of rotatable bonds is 5. The van der Waals surface area contributed by atoms with Gasteiger partial charge in [0, 0.05) is 24.7 Å². The van der Waals surface area contributed by atoms with Crippen LogP contribution in [0.5, 0.6) is 11.5 Å². The van der Waals surface area contributed by atoms with E-state index in [-0.39, 0.29) is 12.1 Å². The molecule has 1 aliphatic heterocycles. The maximum Gasteiger partial charge on any atom is 0.339 e. The highest BCUT2D eigenvalue weighted by atomic mass is 16.5. The molecule has 7 heteroatoms. The van der Waals surface area contributed by atoms with E-state index < -0.39 is 5.63 Å². The van der Waals surface area contributed by atoms with Crippen molar-refractivity contribution in [3.05, 3.63) is 52.6 Å². The van der Waals surface area contributed by atoms with E-state index in [0.29, 0.717) is 43.3 Å². The number of hydrogen-bond donors (Lipinski definition) is 1. The Hall–Kier alpha value is -2.96. The van der Waals surface area contributed by atoms with Gasteiger partial charge in [0.25, 0.3) is 0 Å². The molecule has 1 aromatic heterocycles. The van der Waals surface area contributed by atoms with Gasteiger partial charge in [-0.25, -0.2) is 9.59 Å². The number of anilines is 1. The van der Waals surface area contributed by atoms with E-state index in [1.165, 1.54) is 6.07 Å². The molecule has 2 amide bonds. The van der Waals surface area contributed by atoms with Gasteiger partial charge in [-0.1, -0.05) is 0 Å². The van der Waals surface area contributed by atoms with Crippen molar-refractivity contribution in [1.82, 2.24) is 4.90 Å². The summed E-state index contributed by atoms with van der Waals surface area (Å²) in [5.41, 5.74) is 0.266. The van der Waals surface area contributed by atoms with Gasteiger partial charge >= 0.3 is 11.7 Å². The van der Waals surface area contributed by atoms with Crippen LogP contribution in [-0.2, 0) is 0 Å². The van der Waals surface area contributed by atoms with Crippen LogP contribution in [0.3, 0.4) is 0 Å². The maximum atomic E-state index is 12.4. The van der Waals surface area contributed by atoms with Crippen molar-refractivity contribution in [3.63, 3.8) is 0 Å². The minimum atomic E-state index is -0.442. The monoisotopic (exact) mass is 358 g/mol. The number of ether oxygens (including phenoxy) is 2. The van der Waals surface area contributed by atoms with E-state index in [1.54, 1.807) is 30.0 Å². The van der Waals surface area contributed by atoms with Crippen LogP contribution in [0.25, 0.3) is 0 Å². The van der Waals surface area contributed by atoms with Gasteiger partial charge in [-0.15, -0.1) is 0 Å². The van der Waals surface area contributed by atoms with E-state index in [0.717, 1.165) is 5.75 Å². The predicted molar refractivity (Wildman–Crippen MR) is 97.0 cm³/mol. The lowest BCUT2D eigenvalue weighted by atomic mass is 10.3. The Bertz CT molecular complexity index is 815. The third-order valence-electron chi connectivity index (χ3n) is 4.02. The Balaban J connectivity index is 1.54. The van der Waals surface area contributed by atoms with Crippen LogP contribution in [0.4, 0.5) is 10.5 Å². The van der Waals surface area contributed by atoms with Crippen LogP contribution in [-0.4, -0.2) is 36.7 Å². The van der Waals surface area contributed by atoms with Crippen LogP contribution >= 0.6 is 0 Å². The first-order valence-corrected chi connectivity index (χ1v) is 8.60. The van der Waals surface area contributed by atoms with E-state index >= 15 is 0 Å². The number of hydrogen-bond acceptors (Lipinski definition) is 5. The van der Waals surface area contributed by atoms with Gasteiger partial charge < -0.3 is 24.1 Å². The Kier molecular flexibility index (Phi) is 5.46. The van der Waals surface area contributed by atoms with Gasteiger partial charge in [0.15, 0.2) is 0 Å². The van der Waals surface area contributed by atoms with Gasteiger partial charge in [-0.3, -0.25) is 0 Å². The first-order chi connectivity index (χ1) is 12.5. The molecule has 1 N–H and O–H groups in total. The molecular formula is C19H22N2O5. The second-order valence-electron chi connectivity index (χ2n) is 6.08. The Morgan fingerprint density at radius 2 is 2.04 bits per heavy atom. The molecule has 1 saturated heterocycles. The van der Waals surface area contributed by atoms with Gasteiger partial charge in [-0.05, 0) is 38.1 Å². The maximum absolute atomic E-state index is 12.4. The number of amides is 2. The van der Waals surface area contributed by atoms with E-state index in [2.05, 4.69) is 5.32 Å². The number of benzene rings is 1. The molecule has 0 radical (unpaired) electrons. The van der Waals surface area contributed by atoms with Gasteiger partial charge in [-0.2, -0.15) is 0 Å². The number of carbonyl (C=O) groups is 1. The van der Waals surface area contributed by atoms with Crippen molar-refractivity contribution in [3.8, 4) is 11.5 Å². The van der Waals surface area contributed by atoms with Crippen LogP contribution in [0.1, 0.15) is 19.1 Å². The number of aryl methyl sites for hydroxylation is 1. The van der Waals surface area contributed by atoms with Gasteiger partial charge in [0.2, 0.25) is 0 Å². The average molecular weight is 358 g/mol. The van der Waals surface area contributed by atoms with E-state index in [1.807, 2.05) is 19.1 Å². The predicted octanol–water partition coefficient (Wildman–Crippen LogP) is 3.03. The molecule has 0 aliphatic carbocycles. The molecule has 1 fully saturated rings. The van der Waals surface area contributed by atoms with Gasteiger partial charge in [0.1, 0.15) is 23.4 Å². The number of urea groups is 1. The molecule has 1 atom stereocenters. The molecule has 3 rings (SSSR count). The van der Waals surface area contributed by atoms with Crippen molar-refractivity contribution in [2.75, 3.05) is 25.0 Å². The summed E-state index contributed by atoms with van der Waals surface area (Å²) in [6, 6.07) is 10.1. The second kappa shape index (κ2) is 7.95. The summed E-state index contributed by atoms with van der Waals surface area (Å²) < 4.78 is 16.1. The molecule has 1 unspecified atom stereocenters. The lowest BCUT2D eigenvalue weighted by Gasteiger charge is -2.18. The van der Waals surface area contributed by atoms with E-state index in [4.69, 9.17) is 13.9 Å². The third kappa shape index (κ3) is 4.56. The largest absolute Gasteiger partial charge is 0.494 e. The van der Waals surface area contributed by atoms with Crippen LogP contribution in [0, 0.1) is 6.92 Å². The molecule has 138 valence electrons. The molecule has 2 heterocycles. The standard InChI is InChI=1S/C19H22N2O5/c1-3-24-15-6-4-14(5-7-15)20-19(23)21-9-8-16(12-21)26-17-10-13(2)25-18(22)11-17/h4-7,10-11,16H,3,8-9,12H2,1-2H3,(H,20,23). The lowest BCUT2D eigenvalue weighted by molar-refractivity contribution is 0.193. The zero-order chi connectivity index (χ0) is 18.5. The van der Waals surface area contributed by atoms with E-state index in [9.17, 15) is 9.59 Å². The highest BCUT2D eigenvalue weighted by Gasteiger charge is 2.28. The summed E-state index contributed by atoms with van der Waals surface area (Å²) in [6.07, 6.45) is 0.554. The molecule has 0 spiro atoms. The van der Waals surface area contributed by atoms with Crippen molar-refractivity contribution in [2.45, 2.75) is 26.4 Å². The summed E-state index contributed by atoms with van der Waals surface area (Å²) in [5.74, 6) is 1.73. The SMILES string of the molecule is CCOc1ccc(NC(=O)N2CCC(Oc3cc(C)oc(=O)c3)C2)cc1. The summed E-state index contributed by atoms with van der Waals surface area (Å²) in [6.45, 7) is 5.27. The summed E-state index contributed by atoms with van der Waals surface area (Å²) >= 11 is 0. The molecule has 7 nitrogen and oxygen atoms in total. The topological polar surface area (TPSA) is 81.0 Å². The molecule has 1 aliphatic rings. The highest BCUT2D eigenvalue weighted by Crippen LogP contribution is 2.20. The number of nitrogens with one attached hydrogen (secondary N) is 1. The summed E-state index contributed by atoms with van der Waals surface area (Å²) in [4.78, 5) is 25.5. The Labute approximate surface area is 151 Å². The highest BCUT2D eigenvalue weighted by molar-refractivity contribution is 5.89. The van der Waals surface area contributed by atoms with Gasteiger partial charge in [0.05, 0.1) is 19.2 Å². The third-order valence-corrected chi connectivity index (χ3v) is 4.02. The Morgan fingerprint density at radius 3 is 2.73 bits per heavy atom. The van der Waals surface area contributed by atoms with Crippen molar-refractivity contribution < 1.29 is 18.7 Å². The summed E-state index contributed by atoms with van der Waals surface area (Å²) in [7, 11) is 0. The quantitative estimate of drug-likeness (QED) is 0.888. The number of nitrogens with zero attached hydrogens (tertiary/aromatic N) is 1. The van der Waals surface area contributed by atoms with Crippen molar-refractivity contribution >= 4 is 11.7 Å². The number of carbonyl (C=O) groups excluding carboxylic acids is 1. The molecular weight excluding hydrogens is 336 g/mol. The normalized spacial score (nSPS) is 16.4. The molecule has 0 saturated carbocycles. The fourth-order valence-electron chi connectivity index (χ4n) is 2.85. The first-order valence-electron chi connectivity index (χ1n) is 8.60. The minimum absolute atomic E-state index is 0.151. The fourth-order valence-corrected chi connectivity index (χ4v) is 2.85. The summed E-state index contributed by atoms with van der Waals surface area (Å²) in [5, 5.41) is 2.87. The fraction of sp³-hybridized carbons (Fsp3) is 0.368. The average Bonchev–Trinajstić information content (AvgIpc) is 3.04. The van der Waals surface area contributed by atoms with Crippen molar-refractivity contribution in [2.24, 2.45) is 0 Å². The Morgan fingerprint density at radius 1 is 1.27 bits per heavy atom. The minimum Gasteiger partial charge on any atom is -0.494 e. The molecule has 2 aromatic rings. The second-order valence-corrected chi connectivity index (χ2v) is 6.08. The first kappa shape index (κ1) is 17.8.